The average molecular weight is 316 g/mol. The molecular formula is C16H20F4N2. The smallest absolute Gasteiger partial charge is 0.314 e. The fraction of sp³-hybridized carbons (Fsp3) is 0.500. The van der Waals surface area contributed by atoms with Crippen molar-refractivity contribution in [3.05, 3.63) is 47.3 Å². The average Bonchev–Trinajstić information content (AvgIpc) is 2.45. The zero-order valence-corrected chi connectivity index (χ0v) is 12.5. The van der Waals surface area contributed by atoms with Crippen molar-refractivity contribution in [2.75, 3.05) is 26.2 Å². The van der Waals surface area contributed by atoms with Gasteiger partial charge in [0.2, 0.25) is 0 Å². The molecule has 0 aromatic heterocycles. The summed E-state index contributed by atoms with van der Waals surface area (Å²) >= 11 is 0. The Bertz CT molecular complexity index is 533. The maximum atomic E-state index is 14.2. The highest BCUT2D eigenvalue weighted by atomic mass is 19.4. The number of halogens is 4. The standard InChI is InChI=1S/C16H20F4N2/c1-11(2)9-15(22-7-5-21-6-8-22)13-10-12(16(18,19)20)3-4-14(13)17/h3-4,10,15,21H,1,5-9H2,2H3/t15-/m1/s1. The number of piperazine rings is 1. The van der Waals surface area contributed by atoms with Crippen LogP contribution < -0.4 is 5.32 Å². The van der Waals surface area contributed by atoms with Crippen molar-refractivity contribution in [3.8, 4) is 0 Å². The van der Waals surface area contributed by atoms with E-state index in [0.29, 0.717) is 19.5 Å². The van der Waals surface area contributed by atoms with Crippen LogP contribution in [0.5, 0.6) is 0 Å². The third-order valence-electron chi connectivity index (χ3n) is 3.82. The van der Waals surface area contributed by atoms with Gasteiger partial charge in [0.25, 0.3) is 0 Å². The van der Waals surface area contributed by atoms with Gasteiger partial charge in [-0.2, -0.15) is 13.2 Å². The lowest BCUT2D eigenvalue weighted by atomic mass is 9.95. The van der Waals surface area contributed by atoms with Crippen LogP contribution in [0.3, 0.4) is 0 Å². The van der Waals surface area contributed by atoms with Crippen LogP contribution in [-0.2, 0) is 6.18 Å². The highest BCUT2D eigenvalue weighted by molar-refractivity contribution is 5.30. The molecule has 22 heavy (non-hydrogen) atoms. The van der Waals surface area contributed by atoms with Crippen molar-refractivity contribution < 1.29 is 17.6 Å². The molecule has 1 aromatic carbocycles. The Morgan fingerprint density at radius 3 is 2.50 bits per heavy atom. The Labute approximate surface area is 127 Å². The first kappa shape index (κ1) is 17.0. The van der Waals surface area contributed by atoms with E-state index in [2.05, 4.69) is 11.9 Å². The second-order valence-corrected chi connectivity index (χ2v) is 5.70. The molecule has 1 aromatic rings. The van der Waals surface area contributed by atoms with Crippen LogP contribution in [0, 0.1) is 5.82 Å². The van der Waals surface area contributed by atoms with E-state index in [1.54, 1.807) is 6.92 Å². The van der Waals surface area contributed by atoms with Crippen molar-refractivity contribution in [3.63, 3.8) is 0 Å². The third kappa shape index (κ3) is 4.08. The Morgan fingerprint density at radius 1 is 1.32 bits per heavy atom. The lowest BCUT2D eigenvalue weighted by molar-refractivity contribution is -0.137. The maximum absolute atomic E-state index is 14.2. The van der Waals surface area contributed by atoms with Crippen LogP contribution in [0.1, 0.15) is 30.5 Å². The van der Waals surface area contributed by atoms with Gasteiger partial charge in [-0.15, -0.1) is 6.58 Å². The quantitative estimate of drug-likeness (QED) is 0.672. The van der Waals surface area contributed by atoms with Crippen LogP contribution in [0.15, 0.2) is 30.4 Å². The zero-order chi connectivity index (χ0) is 16.3. The lowest BCUT2D eigenvalue weighted by Gasteiger charge is -2.35. The fourth-order valence-electron chi connectivity index (χ4n) is 2.74. The number of nitrogens with zero attached hydrogens (tertiary/aromatic N) is 1. The molecule has 122 valence electrons. The molecule has 1 fully saturated rings. The number of hydrogen-bond acceptors (Lipinski definition) is 2. The minimum atomic E-state index is -4.47. The summed E-state index contributed by atoms with van der Waals surface area (Å²) < 4.78 is 52.9. The summed E-state index contributed by atoms with van der Waals surface area (Å²) in [6, 6.07) is 2.22. The van der Waals surface area contributed by atoms with Gasteiger partial charge < -0.3 is 5.32 Å². The topological polar surface area (TPSA) is 15.3 Å². The maximum Gasteiger partial charge on any atom is 0.416 e. The molecule has 1 aliphatic rings. The Morgan fingerprint density at radius 2 is 1.95 bits per heavy atom. The summed E-state index contributed by atoms with van der Waals surface area (Å²) in [4.78, 5) is 2.02. The van der Waals surface area contributed by atoms with Gasteiger partial charge in [-0.05, 0) is 31.5 Å². The number of benzene rings is 1. The van der Waals surface area contributed by atoms with E-state index in [1.165, 1.54) is 0 Å². The first-order valence-corrected chi connectivity index (χ1v) is 7.25. The molecule has 0 amide bonds. The van der Waals surface area contributed by atoms with E-state index in [0.717, 1.165) is 36.9 Å². The van der Waals surface area contributed by atoms with E-state index >= 15 is 0 Å². The van der Waals surface area contributed by atoms with Gasteiger partial charge in [-0.1, -0.05) is 5.57 Å². The van der Waals surface area contributed by atoms with Gasteiger partial charge in [0, 0.05) is 37.8 Å². The molecule has 1 aliphatic heterocycles. The normalized spacial score (nSPS) is 18.2. The van der Waals surface area contributed by atoms with Crippen molar-refractivity contribution in [2.24, 2.45) is 0 Å². The van der Waals surface area contributed by atoms with Crippen LogP contribution in [-0.4, -0.2) is 31.1 Å². The highest BCUT2D eigenvalue weighted by Crippen LogP contribution is 2.35. The molecule has 0 saturated carbocycles. The van der Waals surface area contributed by atoms with Gasteiger partial charge in [-0.25, -0.2) is 4.39 Å². The first-order chi connectivity index (χ1) is 10.3. The molecule has 0 unspecified atom stereocenters. The van der Waals surface area contributed by atoms with Crippen LogP contribution >= 0.6 is 0 Å². The minimum absolute atomic E-state index is 0.0970. The van der Waals surface area contributed by atoms with Crippen molar-refractivity contribution in [1.82, 2.24) is 10.2 Å². The number of rotatable bonds is 4. The number of alkyl halides is 3. The number of nitrogens with one attached hydrogen (secondary N) is 1. The highest BCUT2D eigenvalue weighted by Gasteiger charge is 2.33. The summed E-state index contributed by atoms with van der Waals surface area (Å²) in [5.41, 5.74) is 0.103. The molecule has 0 spiro atoms. The molecule has 0 aliphatic carbocycles. The van der Waals surface area contributed by atoms with Gasteiger partial charge >= 0.3 is 6.18 Å². The molecule has 1 atom stereocenters. The monoisotopic (exact) mass is 316 g/mol. The molecule has 6 heteroatoms. The third-order valence-corrected chi connectivity index (χ3v) is 3.82. The Kier molecular flexibility index (Phi) is 5.24. The van der Waals surface area contributed by atoms with Gasteiger partial charge in [-0.3, -0.25) is 4.90 Å². The van der Waals surface area contributed by atoms with Crippen molar-refractivity contribution in [2.45, 2.75) is 25.6 Å². The molecule has 2 nitrogen and oxygen atoms in total. The van der Waals surface area contributed by atoms with Crippen molar-refractivity contribution >= 4 is 0 Å². The molecule has 0 radical (unpaired) electrons. The predicted molar refractivity (Wildman–Crippen MR) is 78.0 cm³/mol. The molecule has 2 rings (SSSR count). The van der Waals surface area contributed by atoms with Crippen LogP contribution in [0.2, 0.25) is 0 Å². The van der Waals surface area contributed by atoms with Crippen LogP contribution in [0.4, 0.5) is 17.6 Å². The van der Waals surface area contributed by atoms with Gasteiger partial charge in [0.15, 0.2) is 0 Å². The molecule has 0 bridgehead atoms. The van der Waals surface area contributed by atoms with Gasteiger partial charge in [0.1, 0.15) is 5.82 Å². The summed E-state index contributed by atoms with van der Waals surface area (Å²) in [7, 11) is 0. The fourth-order valence-corrected chi connectivity index (χ4v) is 2.74. The Balaban J connectivity index is 2.39. The minimum Gasteiger partial charge on any atom is -0.314 e. The second-order valence-electron chi connectivity index (χ2n) is 5.70. The van der Waals surface area contributed by atoms with E-state index in [9.17, 15) is 17.6 Å². The lowest BCUT2D eigenvalue weighted by Crippen LogP contribution is -2.45. The largest absolute Gasteiger partial charge is 0.416 e. The molecule has 1 heterocycles. The number of hydrogen-bond donors (Lipinski definition) is 1. The second kappa shape index (κ2) is 6.79. The van der Waals surface area contributed by atoms with Crippen LogP contribution in [0.25, 0.3) is 0 Å². The zero-order valence-electron chi connectivity index (χ0n) is 12.5. The predicted octanol–water partition coefficient (Wildman–Crippen LogP) is 3.76. The van der Waals surface area contributed by atoms with E-state index in [-0.39, 0.29) is 5.56 Å². The summed E-state index contributed by atoms with van der Waals surface area (Å²) in [5.74, 6) is -0.599. The molecular weight excluding hydrogens is 296 g/mol. The summed E-state index contributed by atoms with van der Waals surface area (Å²) in [6.07, 6.45) is -4.03. The van der Waals surface area contributed by atoms with Gasteiger partial charge in [0.05, 0.1) is 5.56 Å². The Hall–Kier alpha value is -1.40. The summed E-state index contributed by atoms with van der Waals surface area (Å²) in [6.45, 7) is 8.47. The molecule has 1 saturated heterocycles. The molecule has 1 N–H and O–H groups in total. The van der Waals surface area contributed by atoms with E-state index < -0.39 is 23.6 Å². The van der Waals surface area contributed by atoms with E-state index in [4.69, 9.17) is 0 Å². The first-order valence-electron chi connectivity index (χ1n) is 7.25. The van der Waals surface area contributed by atoms with E-state index in [1.807, 2.05) is 4.90 Å². The summed E-state index contributed by atoms with van der Waals surface area (Å²) in [5, 5.41) is 3.19. The van der Waals surface area contributed by atoms with Crippen molar-refractivity contribution in [1.29, 1.82) is 0 Å². The SMILES string of the molecule is C=C(C)C[C@H](c1cc(C(F)(F)F)ccc1F)N1CCNCC1.